The number of nitrogens with one attached hydrogen (secondary N) is 1. The zero-order valence-corrected chi connectivity index (χ0v) is 19.1. The minimum Gasteiger partial charge on any atom is -0.495 e. The van der Waals surface area contributed by atoms with Gasteiger partial charge in [-0.15, -0.1) is 0 Å². The molecule has 0 aliphatic carbocycles. The summed E-state index contributed by atoms with van der Waals surface area (Å²) in [5.74, 6) is 1.79. The third kappa shape index (κ3) is 6.23. The molecule has 2 amide bonds. The number of aryl methyl sites for hydroxylation is 2. The fourth-order valence-electron chi connectivity index (χ4n) is 4.08. The van der Waals surface area contributed by atoms with E-state index < -0.39 is 0 Å². The summed E-state index contributed by atoms with van der Waals surface area (Å²) in [5.41, 5.74) is 2.53. The normalized spacial score (nSPS) is 16.3. The van der Waals surface area contributed by atoms with Crippen molar-refractivity contribution >= 4 is 29.1 Å². The number of amides is 2. The number of carbonyl (C=O) groups is 2. The number of hydrogen-bond acceptors (Lipinski definition) is 5. The number of likely N-dealkylation sites (tertiary alicyclic amines) is 1. The predicted octanol–water partition coefficient (Wildman–Crippen LogP) is 4.54. The first-order valence-electron chi connectivity index (χ1n) is 10.7. The lowest BCUT2D eigenvalue weighted by atomic mass is 9.93. The van der Waals surface area contributed by atoms with Crippen LogP contribution < -0.4 is 10.1 Å². The average molecular weight is 448 g/mol. The van der Waals surface area contributed by atoms with E-state index in [-0.39, 0.29) is 11.8 Å². The van der Waals surface area contributed by atoms with Crippen LogP contribution in [0, 0.1) is 19.8 Å². The van der Waals surface area contributed by atoms with E-state index in [2.05, 4.69) is 10.5 Å². The average Bonchev–Trinajstić information content (AvgIpc) is 3.08. The fraction of sp³-hybridized carbons (Fsp3) is 0.522. The Labute approximate surface area is 188 Å². The van der Waals surface area contributed by atoms with Crippen LogP contribution >= 0.6 is 11.6 Å². The Morgan fingerprint density at radius 2 is 2.13 bits per heavy atom. The number of carbonyl (C=O) groups excluding carboxylic acids is 2. The second-order valence-electron chi connectivity index (χ2n) is 8.09. The van der Waals surface area contributed by atoms with Crippen LogP contribution in [0.3, 0.4) is 0 Å². The molecular weight excluding hydrogens is 418 g/mol. The zero-order chi connectivity index (χ0) is 22.4. The van der Waals surface area contributed by atoms with E-state index in [1.54, 1.807) is 25.3 Å². The molecule has 1 aliphatic heterocycles. The molecule has 0 spiro atoms. The standard InChI is InChI=1S/C23H30ClN3O4/c1-15-19(16(2)31-26-15)8-11-23(29)27-12-4-5-17(14-27)6-10-22(28)25-18-7-9-21(30-3)20(24)13-18/h7,9,13,17H,4-6,8,10-12,14H2,1-3H3,(H,25,28)/t17-/m1/s1. The van der Waals surface area contributed by atoms with Crippen LogP contribution in [0.5, 0.6) is 5.75 Å². The smallest absolute Gasteiger partial charge is 0.224 e. The van der Waals surface area contributed by atoms with Crippen molar-refractivity contribution < 1.29 is 18.8 Å². The van der Waals surface area contributed by atoms with Crippen molar-refractivity contribution in [2.45, 2.75) is 52.4 Å². The first kappa shape index (κ1) is 23.1. The molecule has 8 heteroatoms. The van der Waals surface area contributed by atoms with Crippen molar-refractivity contribution in [2.24, 2.45) is 5.92 Å². The Morgan fingerprint density at radius 3 is 2.81 bits per heavy atom. The number of halogens is 1. The number of rotatable bonds is 8. The first-order valence-corrected chi connectivity index (χ1v) is 11.1. The van der Waals surface area contributed by atoms with E-state index in [9.17, 15) is 9.59 Å². The molecule has 1 aromatic carbocycles. The molecule has 2 aromatic rings. The number of hydrogen-bond donors (Lipinski definition) is 1. The third-order valence-corrected chi connectivity index (χ3v) is 6.15. The molecule has 1 atom stereocenters. The lowest BCUT2D eigenvalue weighted by Gasteiger charge is -2.33. The van der Waals surface area contributed by atoms with Gasteiger partial charge in [0.2, 0.25) is 11.8 Å². The SMILES string of the molecule is COc1ccc(NC(=O)CC[C@H]2CCCN(C(=O)CCc3c(C)noc3C)C2)cc1Cl. The summed E-state index contributed by atoms with van der Waals surface area (Å²) in [4.78, 5) is 27.0. The van der Waals surface area contributed by atoms with Crippen molar-refractivity contribution in [2.75, 3.05) is 25.5 Å². The summed E-state index contributed by atoms with van der Waals surface area (Å²) in [6.07, 6.45) is 4.27. The van der Waals surface area contributed by atoms with Gasteiger partial charge < -0.3 is 19.5 Å². The lowest BCUT2D eigenvalue weighted by Crippen LogP contribution is -2.40. The molecule has 168 valence electrons. The van der Waals surface area contributed by atoms with Gasteiger partial charge in [0.1, 0.15) is 11.5 Å². The van der Waals surface area contributed by atoms with Crippen LogP contribution in [0.15, 0.2) is 22.7 Å². The van der Waals surface area contributed by atoms with Gasteiger partial charge in [-0.25, -0.2) is 0 Å². The number of methoxy groups -OCH3 is 1. The second kappa shape index (κ2) is 10.7. The maximum Gasteiger partial charge on any atom is 0.224 e. The Bertz CT molecular complexity index is 908. The molecule has 2 heterocycles. The quantitative estimate of drug-likeness (QED) is 0.642. The number of benzene rings is 1. The van der Waals surface area contributed by atoms with Gasteiger partial charge in [0, 0.05) is 37.2 Å². The van der Waals surface area contributed by atoms with Gasteiger partial charge in [-0.3, -0.25) is 9.59 Å². The van der Waals surface area contributed by atoms with Crippen LogP contribution in [0.2, 0.25) is 5.02 Å². The highest BCUT2D eigenvalue weighted by Crippen LogP contribution is 2.28. The maximum absolute atomic E-state index is 12.7. The maximum atomic E-state index is 12.7. The Hall–Kier alpha value is -2.54. The van der Waals surface area contributed by atoms with Gasteiger partial charge in [0.25, 0.3) is 0 Å². The molecule has 0 radical (unpaired) electrons. The van der Waals surface area contributed by atoms with Gasteiger partial charge in [0.05, 0.1) is 17.8 Å². The monoisotopic (exact) mass is 447 g/mol. The molecule has 1 aromatic heterocycles. The highest BCUT2D eigenvalue weighted by atomic mass is 35.5. The summed E-state index contributed by atoms with van der Waals surface area (Å²) >= 11 is 6.11. The van der Waals surface area contributed by atoms with Gasteiger partial charge in [-0.2, -0.15) is 0 Å². The molecule has 1 fully saturated rings. The molecule has 1 saturated heterocycles. The van der Waals surface area contributed by atoms with Crippen molar-refractivity contribution in [3.63, 3.8) is 0 Å². The molecule has 7 nitrogen and oxygen atoms in total. The molecule has 0 unspecified atom stereocenters. The second-order valence-corrected chi connectivity index (χ2v) is 8.49. The van der Waals surface area contributed by atoms with Crippen molar-refractivity contribution in [3.05, 3.63) is 40.2 Å². The van der Waals surface area contributed by atoms with Gasteiger partial charge in [-0.05, 0) is 63.6 Å². The van der Waals surface area contributed by atoms with Gasteiger partial charge in [-0.1, -0.05) is 16.8 Å². The number of ether oxygens (including phenoxy) is 1. The summed E-state index contributed by atoms with van der Waals surface area (Å²) in [6.45, 7) is 5.27. The first-order chi connectivity index (χ1) is 14.9. The van der Waals surface area contributed by atoms with Gasteiger partial charge in [0.15, 0.2) is 0 Å². The number of aromatic nitrogens is 1. The fourth-order valence-corrected chi connectivity index (χ4v) is 4.34. The Kier molecular flexibility index (Phi) is 7.96. The van der Waals surface area contributed by atoms with E-state index in [0.717, 1.165) is 42.8 Å². The third-order valence-electron chi connectivity index (χ3n) is 5.86. The van der Waals surface area contributed by atoms with Crippen molar-refractivity contribution in [3.8, 4) is 5.75 Å². The van der Waals surface area contributed by atoms with Crippen molar-refractivity contribution in [1.29, 1.82) is 0 Å². The number of nitrogens with zero attached hydrogens (tertiary/aromatic N) is 2. The molecular formula is C23H30ClN3O4. The van der Waals surface area contributed by atoms with Crippen LogP contribution in [-0.4, -0.2) is 42.1 Å². The van der Waals surface area contributed by atoms with E-state index in [1.165, 1.54) is 0 Å². The van der Waals surface area contributed by atoms with Crippen LogP contribution in [-0.2, 0) is 16.0 Å². The van der Waals surface area contributed by atoms with Crippen LogP contribution in [0.25, 0.3) is 0 Å². The molecule has 3 rings (SSSR count). The predicted molar refractivity (Wildman–Crippen MR) is 119 cm³/mol. The summed E-state index contributed by atoms with van der Waals surface area (Å²) < 4.78 is 10.3. The molecule has 0 saturated carbocycles. The van der Waals surface area contributed by atoms with Crippen LogP contribution in [0.1, 0.15) is 49.1 Å². The minimum absolute atomic E-state index is 0.0527. The molecule has 1 N–H and O–H groups in total. The summed E-state index contributed by atoms with van der Waals surface area (Å²) in [6, 6.07) is 5.17. The molecule has 1 aliphatic rings. The van der Waals surface area contributed by atoms with Crippen molar-refractivity contribution in [1.82, 2.24) is 10.1 Å². The largest absolute Gasteiger partial charge is 0.495 e. The molecule has 0 bridgehead atoms. The molecule has 31 heavy (non-hydrogen) atoms. The van der Waals surface area contributed by atoms with E-state index in [4.69, 9.17) is 20.9 Å². The Balaban J connectivity index is 1.44. The Morgan fingerprint density at radius 1 is 1.32 bits per heavy atom. The van der Waals surface area contributed by atoms with E-state index in [0.29, 0.717) is 48.2 Å². The zero-order valence-electron chi connectivity index (χ0n) is 18.4. The van der Waals surface area contributed by atoms with E-state index >= 15 is 0 Å². The highest BCUT2D eigenvalue weighted by molar-refractivity contribution is 6.32. The topological polar surface area (TPSA) is 84.7 Å². The number of piperidine rings is 1. The minimum atomic E-state index is -0.0527. The summed E-state index contributed by atoms with van der Waals surface area (Å²) in [7, 11) is 1.55. The summed E-state index contributed by atoms with van der Waals surface area (Å²) in [5, 5.41) is 7.29. The highest BCUT2D eigenvalue weighted by Gasteiger charge is 2.24. The lowest BCUT2D eigenvalue weighted by molar-refractivity contribution is -0.133. The number of anilines is 1. The van der Waals surface area contributed by atoms with Crippen LogP contribution in [0.4, 0.5) is 5.69 Å². The van der Waals surface area contributed by atoms with E-state index in [1.807, 2.05) is 18.7 Å². The van der Waals surface area contributed by atoms with Gasteiger partial charge >= 0.3 is 0 Å².